The minimum absolute atomic E-state index is 0.00343. The van der Waals surface area contributed by atoms with Gasteiger partial charge in [0, 0.05) is 0 Å². The summed E-state index contributed by atoms with van der Waals surface area (Å²) in [4.78, 5) is 10.6. The van der Waals surface area contributed by atoms with Gasteiger partial charge in [0.15, 0.2) is 0 Å². The van der Waals surface area contributed by atoms with E-state index in [4.69, 9.17) is 5.11 Å². The van der Waals surface area contributed by atoms with Crippen LogP contribution >= 0.6 is 0 Å². The lowest BCUT2D eigenvalue weighted by molar-refractivity contribution is 0.0696. The zero-order chi connectivity index (χ0) is 10.0. The molecule has 1 aromatic rings. The van der Waals surface area contributed by atoms with Crippen LogP contribution < -0.4 is 0 Å². The zero-order valence-electron chi connectivity index (χ0n) is 7.54. The van der Waals surface area contributed by atoms with Gasteiger partial charge in [0.05, 0.1) is 5.56 Å². The molecule has 0 spiro atoms. The highest BCUT2D eigenvalue weighted by atomic mass is 19.1. The van der Waals surface area contributed by atoms with Gasteiger partial charge in [0.2, 0.25) is 0 Å². The SMILES string of the molecule is CC(C)c1cc(F)cc(C(=O)O)c1. The van der Waals surface area contributed by atoms with Crippen LogP contribution in [0.25, 0.3) is 0 Å². The van der Waals surface area contributed by atoms with E-state index in [1.54, 1.807) is 0 Å². The predicted molar refractivity (Wildman–Crippen MR) is 47.4 cm³/mol. The molecular weight excluding hydrogens is 171 g/mol. The highest BCUT2D eigenvalue weighted by Crippen LogP contribution is 2.17. The van der Waals surface area contributed by atoms with Crippen molar-refractivity contribution in [3.05, 3.63) is 35.1 Å². The van der Waals surface area contributed by atoms with E-state index in [1.807, 2.05) is 13.8 Å². The minimum Gasteiger partial charge on any atom is -0.478 e. The Hall–Kier alpha value is -1.38. The van der Waals surface area contributed by atoms with Gasteiger partial charge in [0.1, 0.15) is 5.82 Å². The lowest BCUT2D eigenvalue weighted by Crippen LogP contribution is -1.99. The first kappa shape index (κ1) is 9.71. The van der Waals surface area contributed by atoms with E-state index < -0.39 is 11.8 Å². The summed E-state index contributed by atoms with van der Waals surface area (Å²) in [5, 5.41) is 8.65. The molecule has 0 heterocycles. The van der Waals surface area contributed by atoms with E-state index in [0.29, 0.717) is 5.56 Å². The fourth-order valence-electron chi connectivity index (χ4n) is 1.07. The number of carbonyl (C=O) groups is 1. The Labute approximate surface area is 76.0 Å². The van der Waals surface area contributed by atoms with Crippen molar-refractivity contribution in [2.75, 3.05) is 0 Å². The highest BCUT2D eigenvalue weighted by Gasteiger charge is 2.08. The number of hydrogen-bond acceptors (Lipinski definition) is 1. The standard InChI is InChI=1S/C10H11FO2/c1-6(2)7-3-8(10(12)13)5-9(11)4-7/h3-6H,1-2H3,(H,12,13). The van der Waals surface area contributed by atoms with Gasteiger partial charge in [0.25, 0.3) is 0 Å². The number of carboxylic acids is 1. The normalized spacial score (nSPS) is 10.5. The predicted octanol–water partition coefficient (Wildman–Crippen LogP) is 2.65. The molecule has 0 bridgehead atoms. The van der Waals surface area contributed by atoms with Gasteiger partial charge in [-0.1, -0.05) is 13.8 Å². The summed E-state index contributed by atoms with van der Waals surface area (Å²) < 4.78 is 12.9. The average molecular weight is 182 g/mol. The summed E-state index contributed by atoms with van der Waals surface area (Å²) >= 11 is 0. The van der Waals surface area contributed by atoms with E-state index in [-0.39, 0.29) is 11.5 Å². The molecule has 0 aliphatic rings. The molecule has 0 atom stereocenters. The summed E-state index contributed by atoms with van der Waals surface area (Å²) in [5.74, 6) is -1.46. The van der Waals surface area contributed by atoms with Crippen LogP contribution in [-0.2, 0) is 0 Å². The molecule has 70 valence electrons. The van der Waals surface area contributed by atoms with Crippen LogP contribution in [0.2, 0.25) is 0 Å². The molecule has 1 N–H and O–H groups in total. The lowest BCUT2D eigenvalue weighted by atomic mass is 10.0. The van der Waals surface area contributed by atoms with E-state index in [2.05, 4.69) is 0 Å². The first-order chi connectivity index (χ1) is 6.00. The number of benzene rings is 1. The van der Waals surface area contributed by atoms with E-state index in [9.17, 15) is 9.18 Å². The van der Waals surface area contributed by atoms with Crippen LogP contribution in [0.1, 0.15) is 35.7 Å². The van der Waals surface area contributed by atoms with Gasteiger partial charge in [-0.2, -0.15) is 0 Å². The maximum atomic E-state index is 12.9. The molecule has 0 unspecified atom stereocenters. The number of rotatable bonds is 2. The van der Waals surface area contributed by atoms with Gasteiger partial charge < -0.3 is 5.11 Å². The monoisotopic (exact) mass is 182 g/mol. The zero-order valence-corrected chi connectivity index (χ0v) is 7.54. The Bertz CT molecular complexity index is 332. The van der Waals surface area contributed by atoms with Gasteiger partial charge in [-0.25, -0.2) is 9.18 Å². The Kier molecular flexibility index (Phi) is 2.66. The second kappa shape index (κ2) is 3.56. The van der Waals surface area contributed by atoms with Crippen molar-refractivity contribution in [2.24, 2.45) is 0 Å². The molecule has 1 aromatic carbocycles. The molecule has 1 rings (SSSR count). The van der Waals surface area contributed by atoms with Gasteiger partial charge in [-0.15, -0.1) is 0 Å². The van der Waals surface area contributed by atoms with Crippen LogP contribution in [0.5, 0.6) is 0 Å². The second-order valence-electron chi connectivity index (χ2n) is 3.23. The van der Waals surface area contributed by atoms with Crippen molar-refractivity contribution in [3.63, 3.8) is 0 Å². The molecule has 2 nitrogen and oxygen atoms in total. The van der Waals surface area contributed by atoms with Gasteiger partial charge >= 0.3 is 5.97 Å². The van der Waals surface area contributed by atoms with E-state index in [0.717, 1.165) is 6.07 Å². The third-order valence-electron chi connectivity index (χ3n) is 1.83. The third kappa shape index (κ3) is 2.28. The van der Waals surface area contributed by atoms with E-state index in [1.165, 1.54) is 12.1 Å². The summed E-state index contributed by atoms with van der Waals surface area (Å²) in [7, 11) is 0. The Balaban J connectivity index is 3.19. The molecule has 0 fully saturated rings. The first-order valence-corrected chi connectivity index (χ1v) is 4.04. The maximum absolute atomic E-state index is 12.9. The second-order valence-corrected chi connectivity index (χ2v) is 3.23. The van der Waals surface area contributed by atoms with Crippen molar-refractivity contribution in [3.8, 4) is 0 Å². The molecule has 0 saturated heterocycles. The molecule has 0 aliphatic heterocycles. The Morgan fingerprint density at radius 1 is 1.38 bits per heavy atom. The Morgan fingerprint density at radius 2 is 2.00 bits per heavy atom. The van der Waals surface area contributed by atoms with Crippen molar-refractivity contribution >= 4 is 5.97 Å². The van der Waals surface area contributed by atoms with Gasteiger partial charge in [-0.05, 0) is 29.7 Å². The lowest BCUT2D eigenvalue weighted by Gasteiger charge is -2.06. The Morgan fingerprint density at radius 3 is 2.46 bits per heavy atom. The number of carboxylic acid groups (broad SMARTS) is 1. The largest absolute Gasteiger partial charge is 0.478 e. The van der Waals surface area contributed by atoms with Crippen LogP contribution in [0, 0.1) is 5.82 Å². The quantitative estimate of drug-likeness (QED) is 0.763. The molecular formula is C10H11FO2. The fourth-order valence-corrected chi connectivity index (χ4v) is 1.07. The smallest absolute Gasteiger partial charge is 0.335 e. The van der Waals surface area contributed by atoms with Crippen LogP contribution in [0.3, 0.4) is 0 Å². The molecule has 0 aliphatic carbocycles. The van der Waals surface area contributed by atoms with Crippen molar-refractivity contribution in [1.82, 2.24) is 0 Å². The minimum atomic E-state index is -1.10. The van der Waals surface area contributed by atoms with Gasteiger partial charge in [-0.3, -0.25) is 0 Å². The van der Waals surface area contributed by atoms with Crippen LogP contribution in [0.4, 0.5) is 4.39 Å². The molecule has 0 aromatic heterocycles. The summed E-state index contributed by atoms with van der Waals surface area (Å²) in [6.07, 6.45) is 0. The third-order valence-corrected chi connectivity index (χ3v) is 1.83. The molecule has 0 saturated carbocycles. The summed E-state index contributed by atoms with van der Waals surface area (Å²) in [5.41, 5.74) is 0.709. The molecule has 0 amide bonds. The van der Waals surface area contributed by atoms with Crippen molar-refractivity contribution in [2.45, 2.75) is 19.8 Å². The topological polar surface area (TPSA) is 37.3 Å². The molecule has 0 radical (unpaired) electrons. The number of hydrogen-bond donors (Lipinski definition) is 1. The average Bonchev–Trinajstić information content (AvgIpc) is 2.03. The van der Waals surface area contributed by atoms with Crippen LogP contribution in [-0.4, -0.2) is 11.1 Å². The van der Waals surface area contributed by atoms with Crippen molar-refractivity contribution < 1.29 is 14.3 Å². The van der Waals surface area contributed by atoms with Crippen LogP contribution in [0.15, 0.2) is 18.2 Å². The van der Waals surface area contributed by atoms with Crippen molar-refractivity contribution in [1.29, 1.82) is 0 Å². The summed E-state index contributed by atoms with van der Waals surface area (Å²) in [6.45, 7) is 3.78. The number of halogens is 1. The van der Waals surface area contributed by atoms with E-state index >= 15 is 0 Å². The highest BCUT2D eigenvalue weighted by molar-refractivity contribution is 5.87. The number of aromatic carboxylic acids is 1. The fraction of sp³-hybridized carbons (Fsp3) is 0.300. The maximum Gasteiger partial charge on any atom is 0.335 e. The molecule has 3 heteroatoms. The molecule has 13 heavy (non-hydrogen) atoms. The first-order valence-electron chi connectivity index (χ1n) is 4.04. The summed E-state index contributed by atoms with van der Waals surface area (Å²) in [6, 6.07) is 3.88.